The Labute approximate surface area is 125 Å². The summed E-state index contributed by atoms with van der Waals surface area (Å²) in [5, 5.41) is 0.673. The maximum absolute atomic E-state index is 12.2. The van der Waals surface area contributed by atoms with Gasteiger partial charge in [-0.05, 0) is 30.2 Å². The van der Waals surface area contributed by atoms with E-state index in [1.54, 1.807) is 36.2 Å². The number of likely N-dealkylation sites (N-methyl/N-ethyl adjacent to an activating group) is 1. The van der Waals surface area contributed by atoms with E-state index in [9.17, 15) is 4.79 Å². The molecule has 2 N–H and O–H groups in total. The summed E-state index contributed by atoms with van der Waals surface area (Å²) < 4.78 is 5.57. The largest absolute Gasteiger partial charge is 0.492 e. The summed E-state index contributed by atoms with van der Waals surface area (Å²) >= 11 is 5.80. The predicted molar refractivity (Wildman–Crippen MR) is 82.0 cm³/mol. The fourth-order valence-electron chi connectivity index (χ4n) is 1.88. The molecule has 0 aromatic heterocycles. The fourth-order valence-corrected chi connectivity index (χ4v) is 2.01. The first kappa shape index (κ1) is 16.8. The van der Waals surface area contributed by atoms with Crippen LogP contribution in [-0.2, 0) is 4.79 Å². The first-order valence-corrected chi connectivity index (χ1v) is 7.17. The number of hydrogen-bond donors (Lipinski definition) is 1. The van der Waals surface area contributed by atoms with E-state index in [1.807, 2.05) is 13.8 Å². The number of ether oxygens (including phenoxy) is 1. The molecule has 20 heavy (non-hydrogen) atoms. The van der Waals surface area contributed by atoms with E-state index in [0.717, 1.165) is 5.75 Å². The molecule has 0 spiro atoms. The number of nitrogens with two attached hydrogens (primary N) is 1. The Balaban J connectivity index is 2.41. The third-order valence-electron chi connectivity index (χ3n) is 3.26. The Morgan fingerprint density at radius 3 is 2.45 bits per heavy atom. The lowest BCUT2D eigenvalue weighted by Gasteiger charge is -2.25. The van der Waals surface area contributed by atoms with Gasteiger partial charge >= 0.3 is 0 Å². The molecule has 0 aliphatic rings. The standard InChI is InChI=1S/C15H23ClN2O2/c1-11(2)14(10-17)15(19)18(3)8-9-20-13-6-4-12(16)5-7-13/h4-7,11,14H,8-10,17H2,1-3H3. The molecule has 1 unspecified atom stereocenters. The molecule has 1 amide bonds. The van der Waals surface area contributed by atoms with Gasteiger partial charge in [0.25, 0.3) is 0 Å². The number of rotatable bonds is 7. The number of carbonyl (C=O) groups excluding carboxylic acids is 1. The lowest BCUT2D eigenvalue weighted by Crippen LogP contribution is -2.40. The molecule has 1 atom stereocenters. The number of amides is 1. The zero-order valence-corrected chi connectivity index (χ0v) is 13.1. The molecule has 1 rings (SSSR count). The van der Waals surface area contributed by atoms with Gasteiger partial charge in [-0.1, -0.05) is 25.4 Å². The van der Waals surface area contributed by atoms with Crippen molar-refractivity contribution in [2.75, 3.05) is 26.7 Å². The highest BCUT2D eigenvalue weighted by Gasteiger charge is 2.23. The van der Waals surface area contributed by atoms with E-state index in [2.05, 4.69) is 0 Å². The molecule has 0 saturated carbocycles. The second kappa shape index (κ2) is 8.12. The number of carbonyl (C=O) groups is 1. The maximum Gasteiger partial charge on any atom is 0.227 e. The third kappa shape index (κ3) is 5.02. The average Bonchev–Trinajstić information content (AvgIpc) is 2.41. The van der Waals surface area contributed by atoms with Crippen LogP contribution < -0.4 is 10.5 Å². The van der Waals surface area contributed by atoms with Gasteiger partial charge in [0.15, 0.2) is 0 Å². The molecule has 112 valence electrons. The zero-order valence-electron chi connectivity index (χ0n) is 12.3. The summed E-state index contributed by atoms with van der Waals surface area (Å²) in [5.74, 6) is 0.930. The van der Waals surface area contributed by atoms with Gasteiger partial charge in [0, 0.05) is 18.6 Å². The number of hydrogen-bond acceptors (Lipinski definition) is 3. The van der Waals surface area contributed by atoms with E-state index in [0.29, 0.717) is 24.7 Å². The average molecular weight is 299 g/mol. The molecule has 0 saturated heterocycles. The smallest absolute Gasteiger partial charge is 0.227 e. The Bertz CT molecular complexity index is 420. The van der Waals surface area contributed by atoms with Crippen molar-refractivity contribution in [3.8, 4) is 5.75 Å². The summed E-state index contributed by atoms with van der Waals surface area (Å²) in [6.07, 6.45) is 0. The van der Waals surface area contributed by atoms with E-state index in [4.69, 9.17) is 22.1 Å². The number of benzene rings is 1. The van der Waals surface area contributed by atoms with Crippen molar-refractivity contribution in [1.29, 1.82) is 0 Å². The minimum atomic E-state index is -0.129. The quantitative estimate of drug-likeness (QED) is 0.841. The molecule has 1 aromatic rings. The minimum Gasteiger partial charge on any atom is -0.492 e. The van der Waals surface area contributed by atoms with Crippen LogP contribution in [0.2, 0.25) is 5.02 Å². The van der Waals surface area contributed by atoms with Crippen LogP contribution in [0.4, 0.5) is 0 Å². The van der Waals surface area contributed by atoms with Crippen LogP contribution in [0.25, 0.3) is 0 Å². The summed E-state index contributed by atoms with van der Waals surface area (Å²) in [6, 6.07) is 7.16. The highest BCUT2D eigenvalue weighted by molar-refractivity contribution is 6.30. The lowest BCUT2D eigenvalue weighted by molar-refractivity contribution is -0.135. The van der Waals surface area contributed by atoms with Gasteiger partial charge in [-0.2, -0.15) is 0 Å². The summed E-state index contributed by atoms with van der Waals surface area (Å²) in [5.41, 5.74) is 5.66. The Hall–Kier alpha value is -1.26. The Morgan fingerprint density at radius 2 is 1.95 bits per heavy atom. The van der Waals surface area contributed by atoms with Gasteiger partial charge in [0.2, 0.25) is 5.91 Å². The monoisotopic (exact) mass is 298 g/mol. The van der Waals surface area contributed by atoms with Crippen molar-refractivity contribution in [2.24, 2.45) is 17.6 Å². The molecular weight excluding hydrogens is 276 g/mol. The van der Waals surface area contributed by atoms with Gasteiger partial charge in [-0.25, -0.2) is 0 Å². The van der Waals surface area contributed by atoms with Gasteiger partial charge in [0.1, 0.15) is 12.4 Å². The number of nitrogens with zero attached hydrogens (tertiary/aromatic N) is 1. The van der Waals surface area contributed by atoms with Crippen LogP contribution in [0.1, 0.15) is 13.8 Å². The van der Waals surface area contributed by atoms with Crippen LogP contribution in [0.3, 0.4) is 0 Å². The van der Waals surface area contributed by atoms with E-state index in [-0.39, 0.29) is 17.7 Å². The molecule has 0 aliphatic carbocycles. The van der Waals surface area contributed by atoms with Crippen LogP contribution in [-0.4, -0.2) is 37.6 Å². The van der Waals surface area contributed by atoms with Crippen molar-refractivity contribution in [3.63, 3.8) is 0 Å². The van der Waals surface area contributed by atoms with E-state index < -0.39 is 0 Å². The molecule has 0 heterocycles. The highest BCUT2D eigenvalue weighted by atomic mass is 35.5. The molecule has 5 heteroatoms. The highest BCUT2D eigenvalue weighted by Crippen LogP contribution is 2.16. The Morgan fingerprint density at radius 1 is 1.35 bits per heavy atom. The summed E-state index contributed by atoms with van der Waals surface area (Å²) in [7, 11) is 1.78. The third-order valence-corrected chi connectivity index (χ3v) is 3.51. The van der Waals surface area contributed by atoms with Gasteiger partial charge < -0.3 is 15.4 Å². The van der Waals surface area contributed by atoms with E-state index in [1.165, 1.54) is 0 Å². The molecule has 4 nitrogen and oxygen atoms in total. The summed E-state index contributed by atoms with van der Waals surface area (Å²) in [6.45, 7) is 5.36. The second-order valence-corrected chi connectivity index (χ2v) is 5.58. The minimum absolute atomic E-state index is 0.0715. The topological polar surface area (TPSA) is 55.6 Å². The van der Waals surface area contributed by atoms with Gasteiger partial charge in [-0.15, -0.1) is 0 Å². The zero-order chi connectivity index (χ0) is 15.1. The van der Waals surface area contributed by atoms with E-state index >= 15 is 0 Å². The predicted octanol–water partition coefficient (Wildman–Crippen LogP) is 2.41. The lowest BCUT2D eigenvalue weighted by atomic mass is 9.94. The van der Waals surface area contributed by atoms with Crippen molar-refractivity contribution in [3.05, 3.63) is 29.3 Å². The SMILES string of the molecule is CC(C)C(CN)C(=O)N(C)CCOc1ccc(Cl)cc1. The number of halogens is 1. The van der Waals surface area contributed by atoms with Gasteiger partial charge in [-0.3, -0.25) is 4.79 Å². The van der Waals surface area contributed by atoms with Crippen molar-refractivity contribution in [1.82, 2.24) is 4.90 Å². The maximum atomic E-state index is 12.2. The van der Waals surface area contributed by atoms with Crippen molar-refractivity contribution < 1.29 is 9.53 Å². The van der Waals surface area contributed by atoms with Gasteiger partial charge in [0.05, 0.1) is 12.5 Å². The molecular formula is C15H23ClN2O2. The van der Waals surface area contributed by atoms with Crippen LogP contribution in [0.5, 0.6) is 5.75 Å². The van der Waals surface area contributed by atoms with Crippen molar-refractivity contribution >= 4 is 17.5 Å². The second-order valence-electron chi connectivity index (χ2n) is 5.15. The molecule has 0 bridgehead atoms. The molecule has 0 fully saturated rings. The van der Waals surface area contributed by atoms with Crippen LogP contribution >= 0.6 is 11.6 Å². The Kier molecular flexibility index (Phi) is 6.82. The molecule has 0 aliphatic heterocycles. The summed E-state index contributed by atoms with van der Waals surface area (Å²) in [4.78, 5) is 13.8. The first-order valence-electron chi connectivity index (χ1n) is 6.79. The van der Waals surface area contributed by atoms with Crippen LogP contribution in [0, 0.1) is 11.8 Å². The van der Waals surface area contributed by atoms with Crippen molar-refractivity contribution in [2.45, 2.75) is 13.8 Å². The normalized spacial score (nSPS) is 12.3. The van der Waals surface area contributed by atoms with Crippen LogP contribution in [0.15, 0.2) is 24.3 Å². The fraction of sp³-hybridized carbons (Fsp3) is 0.533. The first-order chi connectivity index (χ1) is 9.45. The molecule has 1 aromatic carbocycles. The molecule has 0 radical (unpaired) electrons.